The van der Waals surface area contributed by atoms with Crippen LogP contribution in [0.1, 0.15) is 47.6 Å². The van der Waals surface area contributed by atoms with Crippen molar-refractivity contribution in [3.63, 3.8) is 0 Å². The average molecular weight is 626 g/mol. The van der Waals surface area contributed by atoms with Crippen molar-refractivity contribution in [2.24, 2.45) is 0 Å². The number of aryl methyl sites for hydroxylation is 3. The van der Waals surface area contributed by atoms with Crippen LogP contribution in [0.2, 0.25) is 0 Å². The smallest absolute Gasteiger partial charge is 0.264 e. The number of sulfonamides is 1. The van der Waals surface area contributed by atoms with Crippen LogP contribution >= 0.6 is 0 Å². The summed E-state index contributed by atoms with van der Waals surface area (Å²) >= 11 is 0. The third kappa shape index (κ3) is 8.82. The van der Waals surface area contributed by atoms with Crippen LogP contribution in [0, 0.1) is 20.8 Å². The van der Waals surface area contributed by atoms with Gasteiger partial charge in [0.15, 0.2) is 0 Å². The maximum absolute atomic E-state index is 14.6. The molecule has 8 heteroatoms. The zero-order valence-corrected chi connectivity index (χ0v) is 27.4. The van der Waals surface area contributed by atoms with E-state index in [4.69, 9.17) is 0 Å². The largest absolute Gasteiger partial charge is 0.354 e. The molecule has 0 unspecified atom stereocenters. The Morgan fingerprint density at radius 3 is 2.11 bits per heavy atom. The molecular weight excluding hydrogens is 582 g/mol. The number of nitrogens with zero attached hydrogens (tertiary/aromatic N) is 2. The molecule has 0 aliphatic heterocycles. The molecule has 0 spiro atoms. The van der Waals surface area contributed by atoms with Gasteiger partial charge in [0, 0.05) is 19.5 Å². The highest BCUT2D eigenvalue weighted by molar-refractivity contribution is 7.92. The third-order valence-electron chi connectivity index (χ3n) is 7.81. The molecule has 0 aliphatic carbocycles. The van der Waals surface area contributed by atoms with Gasteiger partial charge in [0.25, 0.3) is 10.0 Å². The number of amides is 2. The molecule has 0 bridgehead atoms. The Kier molecular flexibility index (Phi) is 11.5. The topological polar surface area (TPSA) is 86.8 Å². The lowest BCUT2D eigenvalue weighted by molar-refractivity contribution is -0.140. The summed E-state index contributed by atoms with van der Waals surface area (Å²) in [5.41, 5.74) is 4.83. The van der Waals surface area contributed by atoms with E-state index in [1.807, 2.05) is 87.5 Å². The number of carbonyl (C=O) groups excluding carboxylic acids is 2. The number of para-hydroxylation sites is 1. The van der Waals surface area contributed by atoms with Gasteiger partial charge in [0.2, 0.25) is 11.8 Å². The maximum atomic E-state index is 14.6. The first-order valence-corrected chi connectivity index (χ1v) is 16.9. The van der Waals surface area contributed by atoms with Crippen molar-refractivity contribution in [3.8, 4) is 0 Å². The van der Waals surface area contributed by atoms with Gasteiger partial charge in [-0.05, 0) is 62.1 Å². The molecule has 1 N–H and O–H groups in total. The van der Waals surface area contributed by atoms with Crippen molar-refractivity contribution in [2.45, 2.75) is 64.4 Å². The molecular formula is C37H43N3O4S. The Bertz CT molecular complexity index is 1690. The molecule has 2 amide bonds. The predicted octanol–water partition coefficient (Wildman–Crippen LogP) is 6.36. The first-order valence-electron chi connectivity index (χ1n) is 15.4. The molecule has 0 saturated heterocycles. The van der Waals surface area contributed by atoms with Crippen molar-refractivity contribution in [2.75, 3.05) is 17.4 Å². The fourth-order valence-electron chi connectivity index (χ4n) is 5.26. The predicted molar refractivity (Wildman–Crippen MR) is 180 cm³/mol. The van der Waals surface area contributed by atoms with E-state index in [1.165, 1.54) is 4.31 Å². The van der Waals surface area contributed by atoms with E-state index in [9.17, 15) is 18.0 Å². The van der Waals surface area contributed by atoms with E-state index in [0.29, 0.717) is 17.8 Å². The lowest BCUT2D eigenvalue weighted by Gasteiger charge is -2.34. The fourth-order valence-corrected chi connectivity index (χ4v) is 6.74. The highest BCUT2D eigenvalue weighted by Crippen LogP contribution is 2.28. The normalized spacial score (nSPS) is 11.9. The van der Waals surface area contributed by atoms with Crippen LogP contribution in [0.25, 0.3) is 0 Å². The summed E-state index contributed by atoms with van der Waals surface area (Å²) in [6.07, 6.45) is 2.01. The Hall–Kier alpha value is -4.43. The molecule has 4 rings (SSSR count). The number of anilines is 1. The molecule has 0 saturated carbocycles. The minimum absolute atomic E-state index is 0.0903. The fraction of sp³-hybridized carbons (Fsp3) is 0.297. The second kappa shape index (κ2) is 15.5. The zero-order valence-electron chi connectivity index (χ0n) is 26.6. The van der Waals surface area contributed by atoms with Gasteiger partial charge in [-0.2, -0.15) is 0 Å². The number of benzene rings is 4. The van der Waals surface area contributed by atoms with Crippen LogP contribution in [0.5, 0.6) is 0 Å². The van der Waals surface area contributed by atoms with Crippen molar-refractivity contribution >= 4 is 27.5 Å². The standard InChI is InChI=1S/C37H43N3O4S/c1-5-6-23-38-37(42)35(25-31-15-8-7-9-16-31)39(26-32-17-12-13-29(3)24-32)36(41)27-40(34-18-11-10-14-30(34)4)45(43,44)33-21-19-28(2)20-22-33/h7-22,24,35H,5-6,23,25-27H2,1-4H3,(H,38,42)/t35-/m1/s1. The van der Waals surface area contributed by atoms with E-state index in [-0.39, 0.29) is 23.8 Å². The summed E-state index contributed by atoms with van der Waals surface area (Å²) < 4.78 is 29.6. The Morgan fingerprint density at radius 2 is 1.44 bits per heavy atom. The van der Waals surface area contributed by atoms with E-state index in [1.54, 1.807) is 41.3 Å². The maximum Gasteiger partial charge on any atom is 0.264 e. The van der Waals surface area contributed by atoms with Crippen LogP contribution in [0.15, 0.2) is 108 Å². The SMILES string of the molecule is CCCCNC(=O)[C@@H](Cc1ccccc1)N(Cc1cccc(C)c1)C(=O)CN(c1ccccc1C)S(=O)(=O)c1ccc(C)cc1. The number of unbranched alkanes of at least 4 members (excludes halogenated alkanes) is 1. The van der Waals surface area contributed by atoms with Gasteiger partial charge >= 0.3 is 0 Å². The van der Waals surface area contributed by atoms with E-state index in [0.717, 1.165) is 35.1 Å². The summed E-state index contributed by atoms with van der Waals surface area (Å²) in [4.78, 5) is 30.0. The Morgan fingerprint density at radius 1 is 0.778 bits per heavy atom. The molecule has 236 valence electrons. The molecule has 0 aliphatic rings. The Labute approximate surface area is 268 Å². The first-order chi connectivity index (χ1) is 21.6. The van der Waals surface area contributed by atoms with Crippen LogP contribution in [0.4, 0.5) is 5.69 Å². The van der Waals surface area contributed by atoms with Crippen LogP contribution < -0.4 is 9.62 Å². The highest BCUT2D eigenvalue weighted by Gasteiger charge is 2.35. The Balaban J connectivity index is 1.80. The molecule has 7 nitrogen and oxygen atoms in total. The molecule has 1 atom stereocenters. The van der Waals surface area contributed by atoms with Crippen molar-refractivity contribution in [3.05, 3.63) is 131 Å². The number of hydrogen-bond acceptors (Lipinski definition) is 4. The average Bonchev–Trinajstić information content (AvgIpc) is 3.02. The molecule has 4 aromatic rings. The highest BCUT2D eigenvalue weighted by atomic mass is 32.2. The first kappa shape index (κ1) is 33.5. The number of hydrogen-bond donors (Lipinski definition) is 1. The number of nitrogens with one attached hydrogen (secondary N) is 1. The van der Waals surface area contributed by atoms with E-state index in [2.05, 4.69) is 12.2 Å². The molecule has 0 aromatic heterocycles. The minimum atomic E-state index is -4.14. The van der Waals surface area contributed by atoms with E-state index >= 15 is 0 Å². The van der Waals surface area contributed by atoms with Crippen molar-refractivity contribution in [1.29, 1.82) is 0 Å². The molecule has 45 heavy (non-hydrogen) atoms. The summed E-state index contributed by atoms with van der Waals surface area (Å²) in [6.45, 7) is 7.90. The molecule has 0 heterocycles. The van der Waals surface area contributed by atoms with Gasteiger partial charge in [0.1, 0.15) is 12.6 Å². The summed E-state index contributed by atoms with van der Waals surface area (Å²) in [5.74, 6) is -0.737. The van der Waals surface area contributed by atoms with Crippen molar-refractivity contribution in [1.82, 2.24) is 10.2 Å². The summed E-state index contributed by atoms with van der Waals surface area (Å²) in [7, 11) is -4.14. The number of carbonyl (C=O) groups is 2. The van der Waals surface area contributed by atoms with Gasteiger partial charge in [-0.25, -0.2) is 8.42 Å². The van der Waals surface area contributed by atoms with Crippen molar-refractivity contribution < 1.29 is 18.0 Å². The summed E-state index contributed by atoms with van der Waals surface area (Å²) in [5, 5.41) is 3.03. The third-order valence-corrected chi connectivity index (χ3v) is 9.58. The summed E-state index contributed by atoms with van der Waals surface area (Å²) in [6, 6.07) is 30.2. The molecule has 0 fully saturated rings. The lowest BCUT2D eigenvalue weighted by atomic mass is 10.0. The second-order valence-corrected chi connectivity index (χ2v) is 13.3. The number of rotatable bonds is 14. The molecule has 4 aromatic carbocycles. The minimum Gasteiger partial charge on any atom is -0.354 e. The van der Waals surface area contributed by atoms with E-state index < -0.39 is 28.5 Å². The molecule has 0 radical (unpaired) electrons. The lowest BCUT2D eigenvalue weighted by Crippen LogP contribution is -2.53. The van der Waals surface area contributed by atoms with Gasteiger partial charge in [-0.3, -0.25) is 13.9 Å². The van der Waals surface area contributed by atoms with Crippen LogP contribution in [-0.2, 0) is 32.6 Å². The van der Waals surface area contributed by atoms with Gasteiger partial charge < -0.3 is 10.2 Å². The van der Waals surface area contributed by atoms with Gasteiger partial charge in [0.05, 0.1) is 10.6 Å². The zero-order chi connectivity index (χ0) is 32.4. The monoisotopic (exact) mass is 625 g/mol. The van der Waals surface area contributed by atoms with Gasteiger partial charge in [-0.15, -0.1) is 0 Å². The quantitative estimate of drug-likeness (QED) is 0.165. The van der Waals surface area contributed by atoms with Crippen LogP contribution in [0.3, 0.4) is 0 Å². The van der Waals surface area contributed by atoms with Crippen LogP contribution in [-0.4, -0.2) is 44.3 Å². The second-order valence-electron chi connectivity index (χ2n) is 11.5. The van der Waals surface area contributed by atoms with Gasteiger partial charge in [-0.1, -0.05) is 109 Å².